The minimum atomic E-state index is 0.0992. The number of ether oxygens (including phenoxy) is 1. The van der Waals surface area contributed by atoms with E-state index < -0.39 is 0 Å². The zero-order chi connectivity index (χ0) is 22.0. The molecule has 2 aliphatic heterocycles. The Morgan fingerprint density at radius 1 is 1.23 bits per heavy atom. The Hall–Kier alpha value is -2.41. The lowest BCUT2D eigenvalue weighted by Gasteiger charge is -2.43. The summed E-state index contributed by atoms with van der Waals surface area (Å²) in [5.74, 6) is 2.35. The fraction of sp³-hybridized carbons (Fsp3) is 0.625. The molecule has 0 bridgehead atoms. The standard InChI is InChI=1S/C24H35N5O2/c1-18(2)28-13-11-24(12-14-28)16-29(15-21(24)23-26-25-17-27(23)3)22(30)10-7-19-5-8-20(31-4)9-6-19/h5-6,8-9,17-18,21H,7,10-16H2,1-4H3. The van der Waals surface area contributed by atoms with Gasteiger partial charge in [-0.25, -0.2) is 0 Å². The van der Waals surface area contributed by atoms with Crippen LogP contribution in [0.1, 0.15) is 50.4 Å². The smallest absolute Gasteiger partial charge is 0.222 e. The molecular weight excluding hydrogens is 390 g/mol. The third-order valence-electron chi connectivity index (χ3n) is 7.37. The summed E-state index contributed by atoms with van der Waals surface area (Å²) < 4.78 is 7.26. The van der Waals surface area contributed by atoms with Gasteiger partial charge in [-0.15, -0.1) is 10.2 Å². The first kappa shape index (κ1) is 21.8. The van der Waals surface area contributed by atoms with Gasteiger partial charge in [-0.1, -0.05) is 12.1 Å². The number of nitrogens with zero attached hydrogens (tertiary/aromatic N) is 5. The molecule has 3 heterocycles. The maximum Gasteiger partial charge on any atom is 0.222 e. The van der Waals surface area contributed by atoms with Crippen molar-refractivity contribution in [2.45, 2.75) is 51.5 Å². The van der Waals surface area contributed by atoms with Crippen LogP contribution in [-0.2, 0) is 18.3 Å². The second-order valence-electron chi connectivity index (χ2n) is 9.47. The van der Waals surface area contributed by atoms with Crippen molar-refractivity contribution in [2.75, 3.05) is 33.3 Å². The average molecular weight is 426 g/mol. The van der Waals surface area contributed by atoms with E-state index in [1.807, 2.05) is 35.9 Å². The summed E-state index contributed by atoms with van der Waals surface area (Å²) in [6.07, 6.45) is 5.27. The normalized spacial score (nSPS) is 21.2. The monoisotopic (exact) mass is 425 g/mol. The van der Waals surface area contributed by atoms with Crippen molar-refractivity contribution in [3.05, 3.63) is 42.0 Å². The highest BCUT2D eigenvalue weighted by Crippen LogP contribution is 2.49. The summed E-state index contributed by atoms with van der Waals surface area (Å²) >= 11 is 0. The molecule has 1 aromatic heterocycles. The molecule has 1 amide bonds. The lowest BCUT2D eigenvalue weighted by Crippen LogP contribution is -2.46. The highest BCUT2D eigenvalue weighted by Gasteiger charge is 2.51. The maximum atomic E-state index is 13.2. The number of likely N-dealkylation sites (tertiary alicyclic amines) is 2. The molecule has 1 spiro atoms. The largest absolute Gasteiger partial charge is 0.497 e. The van der Waals surface area contributed by atoms with E-state index in [4.69, 9.17) is 4.74 Å². The number of methoxy groups -OCH3 is 1. The fourth-order valence-electron chi connectivity index (χ4n) is 5.32. The summed E-state index contributed by atoms with van der Waals surface area (Å²) in [6, 6.07) is 8.56. The number of hydrogen-bond donors (Lipinski definition) is 0. The van der Waals surface area contributed by atoms with E-state index in [1.54, 1.807) is 13.4 Å². The van der Waals surface area contributed by atoms with E-state index in [-0.39, 0.29) is 17.2 Å². The van der Waals surface area contributed by atoms with Crippen LogP contribution in [0.3, 0.4) is 0 Å². The molecule has 2 saturated heterocycles. The number of aryl methyl sites for hydroxylation is 2. The van der Waals surface area contributed by atoms with Crippen LogP contribution in [0, 0.1) is 5.41 Å². The first-order valence-corrected chi connectivity index (χ1v) is 11.4. The number of amides is 1. The van der Waals surface area contributed by atoms with Crippen LogP contribution in [0.2, 0.25) is 0 Å². The van der Waals surface area contributed by atoms with Gasteiger partial charge in [0.1, 0.15) is 17.9 Å². The SMILES string of the molecule is COc1ccc(CCC(=O)N2CC(c3nncn3C)C3(CCN(C(C)C)CC3)C2)cc1. The molecule has 0 radical (unpaired) electrons. The molecule has 7 nitrogen and oxygen atoms in total. The van der Waals surface area contributed by atoms with Crippen LogP contribution in [0.15, 0.2) is 30.6 Å². The Labute approximate surface area is 185 Å². The zero-order valence-electron chi connectivity index (χ0n) is 19.3. The Bertz CT molecular complexity index is 884. The molecule has 0 N–H and O–H groups in total. The molecule has 2 fully saturated rings. The van der Waals surface area contributed by atoms with Gasteiger partial charge in [0.2, 0.25) is 5.91 Å². The van der Waals surface area contributed by atoms with E-state index in [1.165, 1.54) is 0 Å². The molecule has 168 valence electrons. The summed E-state index contributed by atoms with van der Waals surface area (Å²) in [6.45, 7) is 8.27. The molecule has 2 aliphatic rings. The van der Waals surface area contributed by atoms with E-state index in [9.17, 15) is 4.79 Å². The van der Waals surface area contributed by atoms with E-state index in [0.29, 0.717) is 12.5 Å². The molecule has 31 heavy (non-hydrogen) atoms. The van der Waals surface area contributed by atoms with Crippen LogP contribution in [-0.4, -0.2) is 69.8 Å². The topological polar surface area (TPSA) is 63.5 Å². The molecule has 1 aromatic carbocycles. The number of carbonyl (C=O) groups is 1. The lowest BCUT2D eigenvalue weighted by atomic mass is 9.70. The third-order valence-corrected chi connectivity index (χ3v) is 7.37. The van der Waals surface area contributed by atoms with Crippen molar-refractivity contribution in [3.63, 3.8) is 0 Å². The third kappa shape index (κ3) is 4.47. The molecule has 4 rings (SSSR count). The van der Waals surface area contributed by atoms with E-state index in [2.05, 4.69) is 33.8 Å². The summed E-state index contributed by atoms with van der Waals surface area (Å²) in [7, 11) is 3.68. The van der Waals surface area contributed by atoms with E-state index >= 15 is 0 Å². The van der Waals surface area contributed by atoms with Gasteiger partial charge >= 0.3 is 0 Å². The first-order chi connectivity index (χ1) is 14.9. The van der Waals surface area contributed by atoms with E-state index in [0.717, 1.165) is 62.6 Å². The van der Waals surface area contributed by atoms with Crippen molar-refractivity contribution in [1.82, 2.24) is 24.6 Å². The molecule has 1 atom stereocenters. The highest BCUT2D eigenvalue weighted by atomic mass is 16.5. The van der Waals surface area contributed by atoms with Crippen LogP contribution in [0.25, 0.3) is 0 Å². The van der Waals surface area contributed by atoms with Gasteiger partial charge in [0, 0.05) is 43.9 Å². The van der Waals surface area contributed by atoms with Gasteiger partial charge in [0.25, 0.3) is 0 Å². The number of hydrogen-bond acceptors (Lipinski definition) is 5. The van der Waals surface area contributed by atoms with Gasteiger partial charge in [0.05, 0.1) is 7.11 Å². The van der Waals surface area contributed by atoms with Crippen LogP contribution in [0.4, 0.5) is 0 Å². The molecule has 1 unspecified atom stereocenters. The molecule has 2 aromatic rings. The van der Waals surface area contributed by atoms with Gasteiger partial charge in [-0.05, 0) is 63.9 Å². The number of rotatable bonds is 6. The Kier molecular flexibility index (Phi) is 6.32. The molecule has 0 aliphatic carbocycles. The Morgan fingerprint density at radius 2 is 1.94 bits per heavy atom. The van der Waals surface area contributed by atoms with Crippen molar-refractivity contribution in [3.8, 4) is 5.75 Å². The van der Waals surface area contributed by atoms with Gasteiger partial charge < -0.3 is 19.1 Å². The lowest BCUT2D eigenvalue weighted by molar-refractivity contribution is -0.130. The first-order valence-electron chi connectivity index (χ1n) is 11.4. The minimum absolute atomic E-state index is 0.0992. The second-order valence-corrected chi connectivity index (χ2v) is 9.47. The predicted octanol–water partition coefficient (Wildman–Crippen LogP) is 2.87. The number of piperidine rings is 1. The zero-order valence-corrected chi connectivity index (χ0v) is 19.3. The average Bonchev–Trinajstić information content (AvgIpc) is 3.36. The molecule has 7 heteroatoms. The van der Waals surface area contributed by atoms with Gasteiger partial charge in [-0.2, -0.15) is 0 Å². The number of aromatic nitrogens is 3. The number of carbonyl (C=O) groups excluding carboxylic acids is 1. The quantitative estimate of drug-likeness (QED) is 0.712. The summed E-state index contributed by atoms with van der Waals surface area (Å²) in [4.78, 5) is 17.8. The van der Waals surface area contributed by atoms with Crippen LogP contribution < -0.4 is 4.74 Å². The number of benzene rings is 1. The maximum absolute atomic E-state index is 13.2. The highest BCUT2D eigenvalue weighted by molar-refractivity contribution is 5.77. The fourth-order valence-corrected chi connectivity index (χ4v) is 5.32. The minimum Gasteiger partial charge on any atom is -0.497 e. The summed E-state index contributed by atoms with van der Waals surface area (Å²) in [5, 5.41) is 8.59. The Balaban J connectivity index is 1.46. The predicted molar refractivity (Wildman–Crippen MR) is 120 cm³/mol. The van der Waals surface area contributed by atoms with Gasteiger partial charge in [0.15, 0.2) is 0 Å². The van der Waals surface area contributed by atoms with Crippen molar-refractivity contribution in [1.29, 1.82) is 0 Å². The van der Waals surface area contributed by atoms with Gasteiger partial charge in [-0.3, -0.25) is 4.79 Å². The molecule has 0 saturated carbocycles. The second kappa shape index (κ2) is 8.99. The van der Waals surface area contributed by atoms with Crippen molar-refractivity contribution < 1.29 is 9.53 Å². The van der Waals surface area contributed by atoms with Crippen LogP contribution >= 0.6 is 0 Å². The molecular formula is C24H35N5O2. The van der Waals surface area contributed by atoms with Crippen molar-refractivity contribution in [2.24, 2.45) is 12.5 Å². The Morgan fingerprint density at radius 3 is 2.52 bits per heavy atom. The summed E-state index contributed by atoms with van der Waals surface area (Å²) in [5.41, 5.74) is 1.26. The van der Waals surface area contributed by atoms with Crippen LogP contribution in [0.5, 0.6) is 5.75 Å². The van der Waals surface area contributed by atoms with Crippen molar-refractivity contribution >= 4 is 5.91 Å².